The lowest BCUT2D eigenvalue weighted by atomic mass is 9.76. The SMILES string of the molecule is C1=CC23OC2C2OC2c2ccc4cccc1c4c23. The van der Waals surface area contributed by atoms with E-state index in [1.54, 1.807) is 0 Å². The van der Waals surface area contributed by atoms with Gasteiger partial charge in [-0.25, -0.2) is 0 Å². The van der Waals surface area contributed by atoms with Crippen molar-refractivity contribution >= 4 is 16.8 Å². The molecule has 1 spiro atoms. The molecule has 0 radical (unpaired) electrons. The Bertz CT molecular complexity index is 776. The summed E-state index contributed by atoms with van der Waals surface area (Å²) in [6, 6.07) is 10.9. The predicted molar refractivity (Wildman–Crippen MR) is 67.1 cm³/mol. The van der Waals surface area contributed by atoms with Crippen molar-refractivity contribution in [2.24, 2.45) is 0 Å². The third-order valence-electron chi connectivity index (χ3n) is 4.83. The molecule has 18 heavy (non-hydrogen) atoms. The number of ether oxygens (including phenoxy) is 2. The van der Waals surface area contributed by atoms with E-state index in [-0.39, 0.29) is 17.8 Å². The minimum Gasteiger partial charge on any atom is -0.362 e. The van der Waals surface area contributed by atoms with E-state index in [0.29, 0.717) is 6.10 Å². The number of hydrogen-bond donors (Lipinski definition) is 0. The molecule has 0 bridgehead atoms. The Hall–Kier alpha value is -1.64. The van der Waals surface area contributed by atoms with E-state index in [0.717, 1.165) is 0 Å². The van der Waals surface area contributed by atoms with Gasteiger partial charge in [0.1, 0.15) is 23.9 Å². The number of epoxide rings is 2. The van der Waals surface area contributed by atoms with Crippen molar-refractivity contribution in [2.45, 2.75) is 23.9 Å². The molecule has 2 nitrogen and oxygen atoms in total. The maximum absolute atomic E-state index is 6.04. The second-order valence-electron chi connectivity index (χ2n) is 5.66. The zero-order valence-corrected chi connectivity index (χ0v) is 9.59. The second-order valence-corrected chi connectivity index (χ2v) is 5.66. The third-order valence-corrected chi connectivity index (χ3v) is 4.83. The van der Waals surface area contributed by atoms with E-state index in [1.165, 1.54) is 27.5 Å². The summed E-state index contributed by atoms with van der Waals surface area (Å²) in [7, 11) is 0. The first-order valence-electron chi connectivity index (χ1n) is 6.47. The zero-order valence-electron chi connectivity index (χ0n) is 9.59. The summed E-state index contributed by atoms with van der Waals surface area (Å²) in [5.41, 5.74) is 3.86. The average molecular weight is 234 g/mol. The molecule has 2 heterocycles. The first-order chi connectivity index (χ1) is 8.88. The lowest BCUT2D eigenvalue weighted by molar-refractivity contribution is 0.290. The van der Waals surface area contributed by atoms with Gasteiger partial charge in [-0.05, 0) is 28.0 Å². The van der Waals surface area contributed by atoms with Crippen LogP contribution in [0.1, 0.15) is 22.8 Å². The van der Waals surface area contributed by atoms with Crippen LogP contribution in [0.3, 0.4) is 0 Å². The fourth-order valence-corrected chi connectivity index (χ4v) is 3.94. The van der Waals surface area contributed by atoms with Crippen LogP contribution in [0.4, 0.5) is 0 Å². The van der Waals surface area contributed by atoms with Crippen LogP contribution in [0.2, 0.25) is 0 Å². The average Bonchev–Trinajstić information content (AvgIpc) is 3.28. The van der Waals surface area contributed by atoms with Gasteiger partial charge in [-0.2, -0.15) is 0 Å². The number of hydrogen-bond acceptors (Lipinski definition) is 2. The van der Waals surface area contributed by atoms with Crippen LogP contribution in [-0.4, -0.2) is 12.2 Å². The summed E-state index contributed by atoms with van der Waals surface area (Å²) >= 11 is 0. The molecule has 4 atom stereocenters. The minimum atomic E-state index is -0.166. The molecule has 2 aromatic carbocycles. The molecule has 2 fully saturated rings. The van der Waals surface area contributed by atoms with Crippen LogP contribution in [0.25, 0.3) is 16.8 Å². The Morgan fingerprint density at radius 1 is 1.11 bits per heavy atom. The lowest BCUT2D eigenvalue weighted by Crippen LogP contribution is -2.22. The lowest BCUT2D eigenvalue weighted by Gasteiger charge is -2.23. The molecule has 4 unspecified atom stereocenters. The maximum Gasteiger partial charge on any atom is 0.142 e. The molecule has 0 amide bonds. The summed E-state index contributed by atoms with van der Waals surface area (Å²) in [5.74, 6) is 0. The normalized spacial score (nSPS) is 40.3. The molecule has 2 heteroatoms. The van der Waals surface area contributed by atoms with E-state index < -0.39 is 0 Å². The van der Waals surface area contributed by atoms with Gasteiger partial charge in [-0.1, -0.05) is 36.4 Å². The summed E-state index contributed by atoms with van der Waals surface area (Å²) in [4.78, 5) is 0. The first kappa shape index (κ1) is 8.46. The van der Waals surface area contributed by atoms with Crippen LogP contribution in [0, 0.1) is 0 Å². The van der Waals surface area contributed by atoms with Gasteiger partial charge in [-0.3, -0.25) is 0 Å². The van der Waals surface area contributed by atoms with Gasteiger partial charge in [0, 0.05) is 5.56 Å². The number of rotatable bonds is 0. The molecule has 4 aliphatic rings. The van der Waals surface area contributed by atoms with Gasteiger partial charge in [0.15, 0.2) is 0 Å². The van der Waals surface area contributed by atoms with Crippen LogP contribution in [0.15, 0.2) is 36.4 Å². The highest BCUT2D eigenvalue weighted by molar-refractivity contribution is 5.98. The third kappa shape index (κ3) is 0.704. The number of fused-ring (bicyclic) bond motifs is 3. The minimum absolute atomic E-state index is 0.166. The van der Waals surface area contributed by atoms with Crippen molar-refractivity contribution in [3.63, 3.8) is 0 Å². The molecule has 2 aromatic rings. The monoisotopic (exact) mass is 234 g/mol. The fourth-order valence-electron chi connectivity index (χ4n) is 3.94. The summed E-state index contributed by atoms with van der Waals surface area (Å²) in [6.45, 7) is 0. The Morgan fingerprint density at radius 2 is 2.11 bits per heavy atom. The van der Waals surface area contributed by atoms with Gasteiger partial charge in [0.2, 0.25) is 0 Å². The molecule has 0 saturated carbocycles. The largest absolute Gasteiger partial charge is 0.362 e. The van der Waals surface area contributed by atoms with Crippen molar-refractivity contribution < 1.29 is 9.47 Å². The van der Waals surface area contributed by atoms with Crippen molar-refractivity contribution in [1.29, 1.82) is 0 Å². The first-order valence-corrected chi connectivity index (χ1v) is 6.47. The highest BCUT2D eigenvalue weighted by Crippen LogP contribution is 2.67. The van der Waals surface area contributed by atoms with E-state index in [9.17, 15) is 0 Å². The predicted octanol–water partition coefficient (Wildman–Crippen LogP) is 2.91. The van der Waals surface area contributed by atoms with Crippen LogP contribution >= 0.6 is 0 Å². The van der Waals surface area contributed by atoms with E-state index >= 15 is 0 Å². The highest BCUT2D eigenvalue weighted by atomic mass is 16.7. The quantitative estimate of drug-likeness (QED) is 0.655. The highest BCUT2D eigenvalue weighted by Gasteiger charge is 2.72. The standard InChI is InChI=1S/C16H10O2/c1-2-8-4-5-10-12-11(8)9(3-1)6-7-16(12)15(18-16)14-13(10)17-14/h1-7,13-15H. The molecule has 6 rings (SSSR count). The summed E-state index contributed by atoms with van der Waals surface area (Å²) in [5, 5.41) is 2.68. The fraction of sp³-hybridized carbons (Fsp3) is 0.250. The smallest absolute Gasteiger partial charge is 0.142 e. The Morgan fingerprint density at radius 3 is 3.11 bits per heavy atom. The van der Waals surface area contributed by atoms with Crippen LogP contribution < -0.4 is 0 Å². The molecule has 86 valence electrons. The van der Waals surface area contributed by atoms with Gasteiger partial charge in [-0.15, -0.1) is 0 Å². The van der Waals surface area contributed by atoms with Crippen molar-refractivity contribution in [3.05, 3.63) is 53.1 Å². The van der Waals surface area contributed by atoms with Crippen LogP contribution in [0.5, 0.6) is 0 Å². The molecule has 2 aliphatic carbocycles. The van der Waals surface area contributed by atoms with E-state index in [1.807, 2.05) is 0 Å². The molecular formula is C16H10O2. The van der Waals surface area contributed by atoms with Gasteiger partial charge in [0.05, 0.1) is 0 Å². The van der Waals surface area contributed by atoms with E-state index in [2.05, 4.69) is 42.5 Å². The summed E-state index contributed by atoms with van der Waals surface area (Å²) in [6.07, 6.45) is 5.28. The zero-order chi connectivity index (χ0) is 11.5. The molecule has 2 aliphatic heterocycles. The Kier molecular flexibility index (Phi) is 1.07. The van der Waals surface area contributed by atoms with Crippen molar-refractivity contribution in [3.8, 4) is 0 Å². The van der Waals surface area contributed by atoms with Gasteiger partial charge >= 0.3 is 0 Å². The Balaban J connectivity index is 1.89. The second kappa shape index (κ2) is 2.27. The van der Waals surface area contributed by atoms with Gasteiger partial charge < -0.3 is 9.47 Å². The van der Waals surface area contributed by atoms with Crippen molar-refractivity contribution in [1.82, 2.24) is 0 Å². The topological polar surface area (TPSA) is 25.1 Å². The molecule has 0 aromatic heterocycles. The van der Waals surface area contributed by atoms with Crippen LogP contribution in [-0.2, 0) is 15.1 Å². The Labute approximate surface area is 104 Å². The van der Waals surface area contributed by atoms with Gasteiger partial charge in [0.25, 0.3) is 0 Å². The molecule has 0 N–H and O–H groups in total. The summed E-state index contributed by atoms with van der Waals surface area (Å²) < 4.78 is 11.8. The molecule has 2 saturated heterocycles. The van der Waals surface area contributed by atoms with Crippen molar-refractivity contribution in [2.75, 3.05) is 0 Å². The molecular weight excluding hydrogens is 224 g/mol. The maximum atomic E-state index is 6.04. The van der Waals surface area contributed by atoms with E-state index in [4.69, 9.17) is 9.47 Å². The number of benzene rings is 2.